The minimum Gasteiger partial charge on any atom is -0.375 e. The Morgan fingerprint density at radius 1 is 1.40 bits per heavy atom. The summed E-state index contributed by atoms with van der Waals surface area (Å²) in [4.78, 5) is 16.3. The fourth-order valence-corrected chi connectivity index (χ4v) is 2.60. The summed E-state index contributed by atoms with van der Waals surface area (Å²) in [7, 11) is 0. The summed E-state index contributed by atoms with van der Waals surface area (Å²) in [5.41, 5.74) is 1.81. The summed E-state index contributed by atoms with van der Waals surface area (Å²) in [5.74, 6) is 0.589. The van der Waals surface area contributed by atoms with E-state index in [0.29, 0.717) is 12.4 Å². The SMILES string of the molecule is Cc1cc(C)nc(NC(=O)N[C@@H]2CCOC(C)(C)C2)c1. The number of carbonyl (C=O) groups is 1. The van der Waals surface area contributed by atoms with Crippen LogP contribution in [0, 0.1) is 13.8 Å². The summed E-state index contributed by atoms with van der Waals surface area (Å²) in [6.07, 6.45) is 1.66. The first-order chi connectivity index (χ1) is 9.34. The van der Waals surface area contributed by atoms with Gasteiger partial charge in [0.25, 0.3) is 0 Å². The Balaban J connectivity index is 1.92. The number of anilines is 1. The zero-order valence-corrected chi connectivity index (χ0v) is 12.6. The Morgan fingerprint density at radius 3 is 2.80 bits per heavy atom. The summed E-state index contributed by atoms with van der Waals surface area (Å²) in [5, 5.41) is 5.79. The highest BCUT2D eigenvalue weighted by atomic mass is 16.5. The van der Waals surface area contributed by atoms with Crippen LogP contribution in [0.25, 0.3) is 0 Å². The fourth-order valence-electron chi connectivity index (χ4n) is 2.60. The number of nitrogens with one attached hydrogen (secondary N) is 2. The molecular formula is C15H23N3O2. The van der Waals surface area contributed by atoms with Crippen LogP contribution in [0.3, 0.4) is 0 Å². The second-order valence-corrected chi connectivity index (χ2v) is 6.07. The van der Waals surface area contributed by atoms with E-state index >= 15 is 0 Å². The predicted octanol–water partition coefficient (Wildman–Crippen LogP) is 2.78. The van der Waals surface area contributed by atoms with Crippen LogP contribution in [-0.4, -0.2) is 29.3 Å². The van der Waals surface area contributed by atoms with E-state index in [0.717, 1.165) is 24.1 Å². The molecule has 5 nitrogen and oxygen atoms in total. The van der Waals surface area contributed by atoms with E-state index in [4.69, 9.17) is 4.74 Å². The fraction of sp³-hybridized carbons (Fsp3) is 0.600. The topological polar surface area (TPSA) is 63.2 Å². The summed E-state index contributed by atoms with van der Waals surface area (Å²) in [6, 6.07) is 3.78. The molecule has 1 saturated heterocycles. The molecule has 0 aromatic carbocycles. The molecule has 0 aliphatic carbocycles. The molecule has 0 saturated carbocycles. The smallest absolute Gasteiger partial charge is 0.320 e. The highest BCUT2D eigenvalue weighted by Crippen LogP contribution is 2.23. The molecule has 110 valence electrons. The molecule has 1 aromatic rings. The van der Waals surface area contributed by atoms with Gasteiger partial charge in [0.2, 0.25) is 0 Å². The third-order valence-electron chi connectivity index (χ3n) is 3.37. The van der Waals surface area contributed by atoms with Crippen molar-refractivity contribution in [2.75, 3.05) is 11.9 Å². The lowest BCUT2D eigenvalue weighted by atomic mass is 9.94. The first-order valence-electron chi connectivity index (χ1n) is 7.01. The number of aromatic nitrogens is 1. The van der Waals surface area contributed by atoms with Gasteiger partial charge in [0.05, 0.1) is 5.60 Å². The van der Waals surface area contributed by atoms with Gasteiger partial charge >= 0.3 is 6.03 Å². The normalized spacial score (nSPS) is 21.3. The van der Waals surface area contributed by atoms with Crippen molar-refractivity contribution in [3.05, 3.63) is 23.4 Å². The van der Waals surface area contributed by atoms with Crippen molar-refractivity contribution in [3.63, 3.8) is 0 Å². The number of aryl methyl sites for hydroxylation is 2. The van der Waals surface area contributed by atoms with Crippen molar-refractivity contribution < 1.29 is 9.53 Å². The van der Waals surface area contributed by atoms with Gasteiger partial charge in [-0.15, -0.1) is 0 Å². The number of pyridine rings is 1. The Kier molecular flexibility index (Phi) is 4.28. The Morgan fingerprint density at radius 2 is 2.15 bits per heavy atom. The van der Waals surface area contributed by atoms with Crippen LogP contribution in [0.2, 0.25) is 0 Å². The van der Waals surface area contributed by atoms with Gasteiger partial charge in [0, 0.05) is 18.3 Å². The second-order valence-electron chi connectivity index (χ2n) is 6.07. The van der Waals surface area contributed by atoms with Gasteiger partial charge in [-0.1, -0.05) is 0 Å². The van der Waals surface area contributed by atoms with Crippen LogP contribution in [0.15, 0.2) is 12.1 Å². The van der Waals surface area contributed by atoms with Crippen molar-refractivity contribution in [2.45, 2.75) is 52.2 Å². The van der Waals surface area contributed by atoms with Crippen molar-refractivity contribution in [1.29, 1.82) is 0 Å². The Bertz CT molecular complexity index is 480. The molecule has 1 atom stereocenters. The number of nitrogens with zero attached hydrogens (tertiary/aromatic N) is 1. The largest absolute Gasteiger partial charge is 0.375 e. The lowest BCUT2D eigenvalue weighted by molar-refractivity contribution is -0.0609. The molecule has 1 fully saturated rings. The van der Waals surface area contributed by atoms with Crippen LogP contribution in [-0.2, 0) is 4.74 Å². The highest BCUT2D eigenvalue weighted by Gasteiger charge is 2.29. The van der Waals surface area contributed by atoms with E-state index in [1.165, 1.54) is 0 Å². The van der Waals surface area contributed by atoms with Crippen LogP contribution in [0.1, 0.15) is 37.9 Å². The summed E-state index contributed by atoms with van der Waals surface area (Å²) < 4.78 is 5.64. The van der Waals surface area contributed by atoms with Crippen molar-refractivity contribution in [1.82, 2.24) is 10.3 Å². The molecule has 1 aliphatic heterocycles. The Hall–Kier alpha value is -1.62. The maximum absolute atomic E-state index is 12.0. The third-order valence-corrected chi connectivity index (χ3v) is 3.37. The first kappa shape index (κ1) is 14.8. The average molecular weight is 277 g/mol. The lowest BCUT2D eigenvalue weighted by Gasteiger charge is -2.35. The molecule has 2 amide bonds. The molecule has 5 heteroatoms. The Labute approximate surface area is 120 Å². The number of carbonyl (C=O) groups excluding carboxylic acids is 1. The molecule has 1 aliphatic rings. The number of ether oxygens (including phenoxy) is 1. The maximum Gasteiger partial charge on any atom is 0.320 e. The van der Waals surface area contributed by atoms with Crippen molar-refractivity contribution in [3.8, 4) is 0 Å². The molecule has 0 unspecified atom stereocenters. The summed E-state index contributed by atoms with van der Waals surface area (Å²) in [6.45, 7) is 8.67. The molecule has 0 radical (unpaired) electrons. The number of hydrogen-bond donors (Lipinski definition) is 2. The molecular weight excluding hydrogens is 254 g/mol. The molecule has 2 N–H and O–H groups in total. The monoisotopic (exact) mass is 277 g/mol. The predicted molar refractivity (Wildman–Crippen MR) is 78.9 cm³/mol. The van der Waals surface area contributed by atoms with Gasteiger partial charge in [-0.3, -0.25) is 5.32 Å². The summed E-state index contributed by atoms with van der Waals surface area (Å²) >= 11 is 0. The van der Waals surface area contributed by atoms with Gasteiger partial charge in [-0.2, -0.15) is 0 Å². The van der Waals surface area contributed by atoms with Crippen molar-refractivity contribution >= 4 is 11.8 Å². The van der Waals surface area contributed by atoms with Gasteiger partial charge in [-0.05, 0) is 58.2 Å². The average Bonchev–Trinajstić information content (AvgIpc) is 2.25. The zero-order chi connectivity index (χ0) is 14.8. The van der Waals surface area contributed by atoms with Gasteiger partial charge in [-0.25, -0.2) is 9.78 Å². The van der Waals surface area contributed by atoms with E-state index in [2.05, 4.69) is 15.6 Å². The van der Waals surface area contributed by atoms with E-state index in [9.17, 15) is 4.79 Å². The minimum absolute atomic E-state index is 0.143. The molecule has 0 bridgehead atoms. The molecule has 0 spiro atoms. The second kappa shape index (κ2) is 5.79. The van der Waals surface area contributed by atoms with E-state index in [1.54, 1.807) is 0 Å². The first-order valence-corrected chi connectivity index (χ1v) is 7.01. The zero-order valence-electron chi connectivity index (χ0n) is 12.6. The lowest BCUT2D eigenvalue weighted by Crippen LogP contribution is -2.47. The van der Waals surface area contributed by atoms with Gasteiger partial charge in [0.15, 0.2) is 0 Å². The molecule has 20 heavy (non-hydrogen) atoms. The van der Waals surface area contributed by atoms with E-state index < -0.39 is 0 Å². The van der Waals surface area contributed by atoms with Gasteiger partial charge < -0.3 is 10.1 Å². The number of amides is 2. The standard InChI is InChI=1S/C15H23N3O2/c1-10-7-11(2)16-13(8-10)18-14(19)17-12-5-6-20-15(3,4)9-12/h7-8,12H,5-6,9H2,1-4H3,(H2,16,17,18,19)/t12-/m1/s1. The van der Waals surface area contributed by atoms with Gasteiger partial charge in [0.1, 0.15) is 5.82 Å². The van der Waals surface area contributed by atoms with E-state index in [-0.39, 0.29) is 17.7 Å². The molecule has 2 rings (SSSR count). The van der Waals surface area contributed by atoms with Crippen LogP contribution >= 0.6 is 0 Å². The van der Waals surface area contributed by atoms with Crippen LogP contribution < -0.4 is 10.6 Å². The molecule has 1 aromatic heterocycles. The number of rotatable bonds is 2. The van der Waals surface area contributed by atoms with Crippen LogP contribution in [0.4, 0.5) is 10.6 Å². The third kappa shape index (κ3) is 4.20. The quantitative estimate of drug-likeness (QED) is 0.873. The maximum atomic E-state index is 12.0. The molecule has 2 heterocycles. The number of urea groups is 1. The van der Waals surface area contributed by atoms with E-state index in [1.807, 2.05) is 39.8 Å². The minimum atomic E-state index is -0.204. The van der Waals surface area contributed by atoms with Crippen molar-refractivity contribution in [2.24, 2.45) is 0 Å². The highest BCUT2D eigenvalue weighted by molar-refractivity contribution is 5.88. The van der Waals surface area contributed by atoms with Crippen LogP contribution in [0.5, 0.6) is 0 Å². The number of hydrogen-bond acceptors (Lipinski definition) is 3.